The molecular weight excluding hydrogens is 232 g/mol. The van der Waals surface area contributed by atoms with Gasteiger partial charge < -0.3 is 20.1 Å². The lowest BCUT2D eigenvalue weighted by Crippen LogP contribution is -2.23. The Morgan fingerprint density at radius 1 is 1.33 bits per heavy atom. The third-order valence-electron chi connectivity index (χ3n) is 2.29. The molecule has 2 N–H and O–H groups in total. The fourth-order valence-corrected chi connectivity index (χ4v) is 1.42. The maximum atomic E-state index is 11.6. The molecule has 0 aliphatic heterocycles. The van der Waals surface area contributed by atoms with Gasteiger partial charge in [-0.3, -0.25) is 4.79 Å². The predicted molar refractivity (Wildman–Crippen MR) is 71.0 cm³/mol. The fraction of sp³-hybridized carbons (Fsp3) is 0.462. The van der Waals surface area contributed by atoms with Crippen molar-refractivity contribution < 1.29 is 14.3 Å². The first-order valence-corrected chi connectivity index (χ1v) is 5.99. The van der Waals surface area contributed by atoms with Gasteiger partial charge in [0.25, 0.3) is 0 Å². The fourth-order valence-electron chi connectivity index (χ4n) is 1.42. The van der Waals surface area contributed by atoms with E-state index in [4.69, 9.17) is 9.47 Å². The minimum Gasteiger partial charge on any atom is -0.495 e. The van der Waals surface area contributed by atoms with Gasteiger partial charge in [-0.2, -0.15) is 0 Å². The van der Waals surface area contributed by atoms with Gasteiger partial charge in [0.1, 0.15) is 12.4 Å². The molecule has 1 amide bonds. The third-order valence-corrected chi connectivity index (χ3v) is 2.29. The number of carbonyl (C=O) groups excluding carboxylic acids is 1. The number of hydrogen-bond donors (Lipinski definition) is 2. The molecule has 0 saturated heterocycles. The summed E-state index contributed by atoms with van der Waals surface area (Å²) in [5.41, 5.74) is 0.653. The van der Waals surface area contributed by atoms with Crippen molar-refractivity contribution in [2.45, 2.75) is 6.92 Å². The third kappa shape index (κ3) is 5.16. The van der Waals surface area contributed by atoms with E-state index in [1.54, 1.807) is 19.2 Å². The minimum atomic E-state index is -0.184. The summed E-state index contributed by atoms with van der Waals surface area (Å²) in [5, 5.41) is 5.86. The molecule has 100 valence electrons. The summed E-state index contributed by atoms with van der Waals surface area (Å²) in [6, 6.07) is 7.27. The number of benzene rings is 1. The van der Waals surface area contributed by atoms with Crippen LogP contribution in [0.5, 0.6) is 5.75 Å². The van der Waals surface area contributed by atoms with Crippen molar-refractivity contribution >= 4 is 11.6 Å². The van der Waals surface area contributed by atoms with Crippen molar-refractivity contribution in [3.05, 3.63) is 24.3 Å². The lowest BCUT2D eigenvalue weighted by molar-refractivity contribution is -0.120. The van der Waals surface area contributed by atoms with Gasteiger partial charge in [-0.05, 0) is 18.7 Å². The second-order valence-electron chi connectivity index (χ2n) is 3.65. The van der Waals surface area contributed by atoms with E-state index in [0.29, 0.717) is 18.0 Å². The topological polar surface area (TPSA) is 59.6 Å². The van der Waals surface area contributed by atoms with E-state index in [9.17, 15) is 4.79 Å². The molecule has 18 heavy (non-hydrogen) atoms. The van der Waals surface area contributed by atoms with Gasteiger partial charge in [-0.25, -0.2) is 0 Å². The molecule has 0 aromatic heterocycles. The Morgan fingerprint density at radius 2 is 2.11 bits per heavy atom. The van der Waals surface area contributed by atoms with Crippen LogP contribution in [0.3, 0.4) is 0 Å². The maximum absolute atomic E-state index is 11.6. The summed E-state index contributed by atoms with van der Waals surface area (Å²) in [6.45, 7) is 4.24. The van der Waals surface area contributed by atoms with Crippen LogP contribution in [0.25, 0.3) is 0 Å². The van der Waals surface area contributed by atoms with Crippen molar-refractivity contribution in [2.24, 2.45) is 0 Å². The molecule has 0 aliphatic carbocycles. The van der Waals surface area contributed by atoms with Gasteiger partial charge in [0.15, 0.2) is 0 Å². The molecule has 0 bridgehead atoms. The van der Waals surface area contributed by atoms with Crippen LogP contribution in [0, 0.1) is 0 Å². The van der Waals surface area contributed by atoms with Crippen LogP contribution < -0.4 is 15.4 Å². The van der Waals surface area contributed by atoms with Gasteiger partial charge >= 0.3 is 0 Å². The number of ether oxygens (including phenoxy) is 2. The zero-order valence-electron chi connectivity index (χ0n) is 10.9. The predicted octanol–water partition coefficient (Wildman–Crippen LogP) is 1.26. The van der Waals surface area contributed by atoms with Gasteiger partial charge in [0.05, 0.1) is 19.4 Å². The normalized spacial score (nSPS) is 10.1. The van der Waals surface area contributed by atoms with E-state index in [1.807, 2.05) is 19.1 Å². The van der Waals surface area contributed by atoms with Crippen molar-refractivity contribution in [1.82, 2.24) is 5.32 Å². The largest absolute Gasteiger partial charge is 0.495 e. The number of carbonyl (C=O) groups is 1. The van der Waals surface area contributed by atoms with Crippen molar-refractivity contribution in [3.8, 4) is 5.75 Å². The van der Waals surface area contributed by atoms with E-state index >= 15 is 0 Å². The summed E-state index contributed by atoms with van der Waals surface area (Å²) in [7, 11) is 1.57. The molecule has 0 fully saturated rings. The SMILES string of the molecule is CCNCCOCC(=O)Nc1ccccc1OC. The van der Waals surface area contributed by atoms with Gasteiger partial charge in [-0.15, -0.1) is 0 Å². The van der Waals surface area contributed by atoms with Crippen LogP contribution in [-0.2, 0) is 9.53 Å². The number of para-hydroxylation sites is 2. The quantitative estimate of drug-likeness (QED) is 0.684. The van der Waals surface area contributed by atoms with E-state index in [2.05, 4.69) is 10.6 Å². The lowest BCUT2D eigenvalue weighted by atomic mass is 10.3. The summed E-state index contributed by atoms with van der Waals surface area (Å²) in [6.07, 6.45) is 0. The van der Waals surface area contributed by atoms with E-state index in [0.717, 1.165) is 13.1 Å². The molecule has 5 nitrogen and oxygen atoms in total. The Bertz CT molecular complexity index is 369. The number of likely N-dealkylation sites (N-methyl/N-ethyl adjacent to an activating group) is 1. The monoisotopic (exact) mass is 252 g/mol. The highest BCUT2D eigenvalue weighted by atomic mass is 16.5. The van der Waals surface area contributed by atoms with Crippen molar-refractivity contribution in [3.63, 3.8) is 0 Å². The summed E-state index contributed by atoms with van der Waals surface area (Å²) in [5.74, 6) is 0.453. The van der Waals surface area contributed by atoms with Crippen LogP contribution >= 0.6 is 0 Å². The average Bonchev–Trinajstić information content (AvgIpc) is 2.39. The van der Waals surface area contributed by atoms with Crippen molar-refractivity contribution in [2.75, 3.05) is 38.7 Å². The molecule has 0 heterocycles. The van der Waals surface area contributed by atoms with Crippen LogP contribution in [0.4, 0.5) is 5.69 Å². The summed E-state index contributed by atoms with van der Waals surface area (Å²) < 4.78 is 10.4. The molecule has 0 unspecified atom stereocenters. The Balaban J connectivity index is 2.31. The second kappa shape index (κ2) is 8.49. The maximum Gasteiger partial charge on any atom is 0.250 e. The molecule has 0 radical (unpaired) electrons. The highest BCUT2D eigenvalue weighted by molar-refractivity contribution is 5.93. The van der Waals surface area contributed by atoms with Gasteiger partial charge in [0, 0.05) is 6.54 Å². The Hall–Kier alpha value is -1.59. The number of nitrogens with one attached hydrogen (secondary N) is 2. The van der Waals surface area contributed by atoms with Crippen LogP contribution in [0.1, 0.15) is 6.92 Å². The first kappa shape index (κ1) is 14.5. The smallest absolute Gasteiger partial charge is 0.250 e. The van der Waals surface area contributed by atoms with Gasteiger partial charge in [0.2, 0.25) is 5.91 Å². The number of anilines is 1. The molecule has 1 rings (SSSR count). The number of amides is 1. The number of hydrogen-bond acceptors (Lipinski definition) is 4. The summed E-state index contributed by atoms with van der Waals surface area (Å²) >= 11 is 0. The highest BCUT2D eigenvalue weighted by Gasteiger charge is 2.06. The molecule has 0 aliphatic rings. The average molecular weight is 252 g/mol. The highest BCUT2D eigenvalue weighted by Crippen LogP contribution is 2.22. The molecular formula is C13H20N2O3. The first-order chi connectivity index (χ1) is 8.77. The molecule has 0 spiro atoms. The molecule has 5 heteroatoms. The van der Waals surface area contributed by atoms with Crippen molar-refractivity contribution in [1.29, 1.82) is 0 Å². The van der Waals surface area contributed by atoms with Crippen LogP contribution in [0.15, 0.2) is 24.3 Å². The summed E-state index contributed by atoms with van der Waals surface area (Å²) in [4.78, 5) is 11.6. The first-order valence-electron chi connectivity index (χ1n) is 5.99. The number of methoxy groups -OCH3 is 1. The zero-order chi connectivity index (χ0) is 13.2. The second-order valence-corrected chi connectivity index (χ2v) is 3.65. The zero-order valence-corrected chi connectivity index (χ0v) is 10.9. The van der Waals surface area contributed by atoms with Crippen LogP contribution in [0.2, 0.25) is 0 Å². The number of rotatable bonds is 8. The Morgan fingerprint density at radius 3 is 2.83 bits per heavy atom. The standard InChI is InChI=1S/C13H20N2O3/c1-3-14-8-9-18-10-13(16)15-11-6-4-5-7-12(11)17-2/h4-7,14H,3,8-10H2,1-2H3,(H,15,16). The van der Waals surface area contributed by atoms with E-state index < -0.39 is 0 Å². The molecule has 1 aromatic rings. The molecule has 1 aromatic carbocycles. The van der Waals surface area contributed by atoms with Crippen LogP contribution in [-0.4, -0.2) is 39.3 Å². The lowest BCUT2D eigenvalue weighted by Gasteiger charge is -2.10. The van der Waals surface area contributed by atoms with E-state index in [-0.39, 0.29) is 12.5 Å². The molecule has 0 atom stereocenters. The van der Waals surface area contributed by atoms with Gasteiger partial charge in [-0.1, -0.05) is 19.1 Å². The Kier molecular flexibility index (Phi) is 6.83. The molecule has 0 saturated carbocycles. The van der Waals surface area contributed by atoms with E-state index in [1.165, 1.54) is 0 Å². The Labute approximate surface area is 107 Å². The minimum absolute atomic E-state index is 0.0451.